The van der Waals surface area contributed by atoms with E-state index in [1.165, 1.54) is 0 Å². The molecule has 0 fully saturated rings. The van der Waals surface area contributed by atoms with Crippen LogP contribution < -0.4 is 0 Å². The van der Waals surface area contributed by atoms with Gasteiger partial charge in [-0.1, -0.05) is 6.07 Å². The molecule has 0 saturated heterocycles. The average molecular weight is 156 g/mol. The fraction of sp³-hybridized carbons (Fsp3) is 0. The van der Waals surface area contributed by atoms with E-state index in [2.05, 4.69) is 4.98 Å². The van der Waals surface area contributed by atoms with Gasteiger partial charge in [-0.2, -0.15) is 0 Å². The minimum absolute atomic E-state index is 0.565. The summed E-state index contributed by atoms with van der Waals surface area (Å²) < 4.78 is 0. The van der Waals surface area contributed by atoms with Gasteiger partial charge in [0.1, 0.15) is 0 Å². The van der Waals surface area contributed by atoms with Crippen LogP contribution >= 0.6 is 0 Å². The summed E-state index contributed by atoms with van der Waals surface area (Å²) in [6.07, 6.45) is 3.57. The number of hydrogen-bond donors (Lipinski definition) is 0. The molecule has 0 spiro atoms. The first-order chi connectivity index (χ1) is 5.90. The van der Waals surface area contributed by atoms with Crippen molar-refractivity contribution in [3.05, 3.63) is 42.1 Å². The van der Waals surface area contributed by atoms with Crippen LogP contribution in [0.4, 0.5) is 0 Å². The molecule has 2 nitrogen and oxygen atoms in total. The molecule has 1 aromatic carbocycles. The van der Waals surface area contributed by atoms with Gasteiger partial charge in [0.2, 0.25) is 6.29 Å². The van der Waals surface area contributed by atoms with Crippen molar-refractivity contribution >= 4 is 17.2 Å². The smallest absolute Gasteiger partial charge is 0.233 e. The van der Waals surface area contributed by atoms with Crippen LogP contribution in [0.1, 0.15) is 5.56 Å². The number of benzene rings is 1. The Bertz CT molecular complexity index is 423. The highest BCUT2D eigenvalue weighted by molar-refractivity contribution is 5.86. The van der Waals surface area contributed by atoms with Gasteiger partial charge in [-0.15, -0.1) is 0 Å². The summed E-state index contributed by atoms with van der Waals surface area (Å²) >= 11 is 0. The Hall–Kier alpha value is -1.70. The molecule has 0 saturated carbocycles. The van der Waals surface area contributed by atoms with Crippen molar-refractivity contribution in [1.29, 1.82) is 0 Å². The molecule has 0 aliphatic carbocycles. The summed E-state index contributed by atoms with van der Waals surface area (Å²) in [4.78, 5) is 14.4. The molecule has 0 atom stereocenters. The third-order valence-electron chi connectivity index (χ3n) is 1.72. The van der Waals surface area contributed by atoms with Gasteiger partial charge in [0.15, 0.2) is 0 Å². The van der Waals surface area contributed by atoms with Gasteiger partial charge in [-0.05, 0) is 24.3 Å². The molecule has 0 aliphatic heterocycles. The van der Waals surface area contributed by atoms with E-state index >= 15 is 0 Å². The molecule has 2 heteroatoms. The Balaban J connectivity index is 2.75. The summed E-state index contributed by atoms with van der Waals surface area (Å²) in [6, 6.07) is 9.06. The summed E-state index contributed by atoms with van der Waals surface area (Å²) in [7, 11) is 0. The van der Waals surface area contributed by atoms with Gasteiger partial charge >= 0.3 is 0 Å². The fourth-order valence-corrected chi connectivity index (χ4v) is 1.14. The second kappa shape index (κ2) is 2.74. The van der Waals surface area contributed by atoms with Crippen LogP contribution in [0.5, 0.6) is 0 Å². The van der Waals surface area contributed by atoms with E-state index in [1.54, 1.807) is 18.3 Å². The Morgan fingerprint density at radius 1 is 1.25 bits per heavy atom. The number of fused-ring (bicyclic) bond motifs is 1. The molecule has 0 amide bonds. The molecule has 0 N–H and O–H groups in total. The standard InChI is InChI=1S/C10H6NO/c12-7-8-3-4-10-9(6-8)2-1-5-11-10/h1-6H. The number of nitrogens with zero attached hydrogens (tertiary/aromatic N) is 1. The van der Waals surface area contributed by atoms with Crippen molar-refractivity contribution in [2.75, 3.05) is 0 Å². The molecule has 2 rings (SSSR count). The van der Waals surface area contributed by atoms with Crippen molar-refractivity contribution in [3.63, 3.8) is 0 Å². The molecule has 1 aromatic heterocycles. The molecule has 1 heterocycles. The molecule has 0 unspecified atom stereocenters. The van der Waals surface area contributed by atoms with Gasteiger partial charge in [0.25, 0.3) is 0 Å². The van der Waals surface area contributed by atoms with Crippen LogP contribution in [0.25, 0.3) is 10.9 Å². The maximum Gasteiger partial charge on any atom is 0.233 e. The van der Waals surface area contributed by atoms with Gasteiger partial charge in [0, 0.05) is 17.1 Å². The Morgan fingerprint density at radius 2 is 2.17 bits per heavy atom. The lowest BCUT2D eigenvalue weighted by Gasteiger charge is -1.94. The second-order valence-electron chi connectivity index (χ2n) is 2.51. The van der Waals surface area contributed by atoms with E-state index in [4.69, 9.17) is 0 Å². The van der Waals surface area contributed by atoms with Crippen LogP contribution in [-0.4, -0.2) is 11.3 Å². The predicted octanol–water partition coefficient (Wildman–Crippen LogP) is 1.69. The van der Waals surface area contributed by atoms with Crippen LogP contribution in [0, 0.1) is 0 Å². The van der Waals surface area contributed by atoms with E-state index in [1.807, 2.05) is 24.5 Å². The highest BCUT2D eigenvalue weighted by Gasteiger charge is 1.94. The van der Waals surface area contributed by atoms with E-state index < -0.39 is 0 Å². The Labute approximate surface area is 69.9 Å². The third-order valence-corrected chi connectivity index (χ3v) is 1.72. The summed E-state index contributed by atoms with van der Waals surface area (Å²) in [5, 5.41) is 0.971. The lowest BCUT2D eigenvalue weighted by atomic mass is 10.1. The normalized spacial score (nSPS) is 10.0. The zero-order valence-electron chi connectivity index (χ0n) is 6.32. The Morgan fingerprint density at radius 3 is 3.00 bits per heavy atom. The maximum atomic E-state index is 10.3. The average Bonchev–Trinajstić information content (AvgIpc) is 2.17. The molecule has 0 bridgehead atoms. The van der Waals surface area contributed by atoms with Crippen molar-refractivity contribution in [2.24, 2.45) is 0 Å². The number of hydrogen-bond acceptors (Lipinski definition) is 2. The number of aromatic nitrogens is 1. The minimum atomic E-state index is 0.565. The van der Waals surface area contributed by atoms with Crippen molar-refractivity contribution in [3.8, 4) is 0 Å². The monoisotopic (exact) mass is 156 g/mol. The SMILES string of the molecule is O=[C]c1ccc2ncccc2c1. The summed E-state index contributed by atoms with van der Waals surface area (Å²) in [5.74, 6) is 0. The molecular weight excluding hydrogens is 150 g/mol. The van der Waals surface area contributed by atoms with Crippen LogP contribution in [0.3, 0.4) is 0 Å². The second-order valence-corrected chi connectivity index (χ2v) is 2.51. The molecule has 12 heavy (non-hydrogen) atoms. The molecule has 0 aliphatic rings. The van der Waals surface area contributed by atoms with E-state index in [0.29, 0.717) is 5.56 Å². The molecule has 57 valence electrons. The first kappa shape index (κ1) is 6.98. The largest absolute Gasteiger partial charge is 0.285 e. The first-order valence-electron chi connectivity index (χ1n) is 3.63. The first-order valence-corrected chi connectivity index (χ1v) is 3.63. The van der Waals surface area contributed by atoms with Gasteiger partial charge < -0.3 is 0 Å². The summed E-state index contributed by atoms with van der Waals surface area (Å²) in [5.41, 5.74) is 1.46. The van der Waals surface area contributed by atoms with E-state index in [0.717, 1.165) is 10.9 Å². The van der Waals surface area contributed by atoms with Crippen LogP contribution in [0.2, 0.25) is 0 Å². The van der Waals surface area contributed by atoms with Crippen LogP contribution in [-0.2, 0) is 4.79 Å². The predicted molar refractivity (Wildman–Crippen MR) is 46.5 cm³/mol. The fourth-order valence-electron chi connectivity index (χ4n) is 1.14. The quantitative estimate of drug-likeness (QED) is 0.628. The molecule has 1 radical (unpaired) electrons. The van der Waals surface area contributed by atoms with E-state index in [-0.39, 0.29) is 0 Å². The zero-order chi connectivity index (χ0) is 8.39. The van der Waals surface area contributed by atoms with Crippen molar-refractivity contribution in [2.45, 2.75) is 0 Å². The van der Waals surface area contributed by atoms with Crippen molar-refractivity contribution in [1.82, 2.24) is 4.98 Å². The Kier molecular flexibility index (Phi) is 1.59. The molecule has 2 aromatic rings. The minimum Gasteiger partial charge on any atom is -0.285 e. The van der Waals surface area contributed by atoms with E-state index in [9.17, 15) is 4.79 Å². The number of carbonyl (C=O) groups excluding carboxylic acids is 1. The highest BCUT2D eigenvalue weighted by Crippen LogP contribution is 2.11. The van der Waals surface area contributed by atoms with Crippen LogP contribution in [0.15, 0.2) is 36.5 Å². The number of rotatable bonds is 1. The lowest BCUT2D eigenvalue weighted by Crippen LogP contribution is -1.81. The van der Waals surface area contributed by atoms with Crippen molar-refractivity contribution < 1.29 is 4.79 Å². The lowest BCUT2D eigenvalue weighted by molar-refractivity contribution is 0.563. The third kappa shape index (κ3) is 1.07. The van der Waals surface area contributed by atoms with Gasteiger partial charge in [-0.3, -0.25) is 9.78 Å². The maximum absolute atomic E-state index is 10.3. The number of pyridine rings is 1. The highest BCUT2D eigenvalue weighted by atomic mass is 16.1. The van der Waals surface area contributed by atoms with Gasteiger partial charge in [0.05, 0.1) is 5.52 Å². The summed E-state index contributed by atoms with van der Waals surface area (Å²) in [6.45, 7) is 0. The topological polar surface area (TPSA) is 30.0 Å². The zero-order valence-corrected chi connectivity index (χ0v) is 6.32. The van der Waals surface area contributed by atoms with Gasteiger partial charge in [-0.25, -0.2) is 0 Å². The molecular formula is C10H6NO.